The molecule has 0 aliphatic carbocycles. The zero-order valence-corrected chi connectivity index (χ0v) is 25.4. The van der Waals surface area contributed by atoms with Gasteiger partial charge in [0.25, 0.3) is 5.91 Å². The van der Waals surface area contributed by atoms with Gasteiger partial charge in [-0.25, -0.2) is 17.3 Å². The third kappa shape index (κ3) is 8.42. The van der Waals surface area contributed by atoms with Crippen molar-refractivity contribution in [2.45, 2.75) is 13.3 Å². The molecule has 0 spiro atoms. The van der Waals surface area contributed by atoms with E-state index in [4.69, 9.17) is 4.74 Å². The summed E-state index contributed by atoms with van der Waals surface area (Å²) < 4.78 is 43.2. The van der Waals surface area contributed by atoms with Crippen molar-refractivity contribution in [3.63, 3.8) is 0 Å². The zero-order valence-electron chi connectivity index (χ0n) is 24.6. The van der Waals surface area contributed by atoms with E-state index in [9.17, 15) is 22.4 Å². The van der Waals surface area contributed by atoms with Crippen molar-refractivity contribution >= 4 is 44.6 Å². The minimum absolute atomic E-state index is 0.00829. The molecule has 0 saturated heterocycles. The number of fused-ring (bicyclic) bond motifs is 1. The van der Waals surface area contributed by atoms with Crippen molar-refractivity contribution in [2.75, 3.05) is 35.8 Å². The molecule has 2 heterocycles. The maximum Gasteiger partial charge on any atom is 0.251 e. The standard InChI is InChI=1S/C32H31FN6O5S/c1-3-44-28-19-23(31(41)34-16-17-45(2,42)43)8-14-27(28)36-32-37-29-15-9-24(20-39(29)38-32)22-6-12-26(13-7-22)35-30(40)18-21-4-10-25(33)11-5-21/h4-15,19-20H,3,16-18H2,1-2H3,(H,34,41)(H,35,40)(H,36,38). The Morgan fingerprint density at radius 3 is 2.40 bits per heavy atom. The van der Waals surface area contributed by atoms with E-state index in [1.807, 2.05) is 37.4 Å². The van der Waals surface area contributed by atoms with Crippen LogP contribution in [0.1, 0.15) is 22.8 Å². The average Bonchev–Trinajstić information content (AvgIpc) is 3.40. The highest BCUT2D eigenvalue weighted by Gasteiger charge is 2.14. The lowest BCUT2D eigenvalue weighted by Crippen LogP contribution is -2.28. The lowest BCUT2D eigenvalue weighted by atomic mass is 10.1. The first-order valence-corrected chi connectivity index (χ1v) is 16.1. The van der Waals surface area contributed by atoms with Crippen LogP contribution in [0, 0.1) is 5.82 Å². The maximum absolute atomic E-state index is 13.1. The summed E-state index contributed by atoms with van der Waals surface area (Å²) in [6.45, 7) is 2.18. The lowest BCUT2D eigenvalue weighted by molar-refractivity contribution is -0.115. The van der Waals surface area contributed by atoms with Gasteiger partial charge in [-0.3, -0.25) is 9.59 Å². The van der Waals surface area contributed by atoms with Gasteiger partial charge in [0.2, 0.25) is 11.9 Å². The number of benzene rings is 3. The van der Waals surface area contributed by atoms with Crippen LogP contribution in [0.2, 0.25) is 0 Å². The number of rotatable bonds is 12. The first-order valence-electron chi connectivity index (χ1n) is 14.1. The number of sulfone groups is 1. The highest BCUT2D eigenvalue weighted by atomic mass is 32.2. The molecular weight excluding hydrogens is 599 g/mol. The number of carbonyl (C=O) groups is 2. The Morgan fingerprint density at radius 2 is 1.69 bits per heavy atom. The Labute approximate surface area is 259 Å². The molecule has 0 saturated carbocycles. The van der Waals surface area contributed by atoms with Gasteiger partial charge in [-0.2, -0.15) is 4.98 Å². The van der Waals surface area contributed by atoms with Crippen molar-refractivity contribution in [3.8, 4) is 16.9 Å². The number of aromatic nitrogens is 3. The molecule has 2 aromatic heterocycles. The van der Waals surface area contributed by atoms with Crippen LogP contribution in [0.4, 0.5) is 21.7 Å². The van der Waals surface area contributed by atoms with Gasteiger partial charge < -0.3 is 20.7 Å². The largest absolute Gasteiger partial charge is 0.492 e. The molecule has 232 valence electrons. The van der Waals surface area contributed by atoms with Gasteiger partial charge in [0.05, 0.1) is 24.5 Å². The Morgan fingerprint density at radius 1 is 0.956 bits per heavy atom. The van der Waals surface area contributed by atoms with Crippen LogP contribution >= 0.6 is 0 Å². The summed E-state index contributed by atoms with van der Waals surface area (Å²) >= 11 is 0. The van der Waals surface area contributed by atoms with E-state index in [2.05, 4.69) is 26.0 Å². The molecule has 2 amide bonds. The monoisotopic (exact) mass is 630 g/mol. The topological polar surface area (TPSA) is 144 Å². The number of nitrogens with zero attached hydrogens (tertiary/aromatic N) is 3. The first kappa shape index (κ1) is 31.1. The molecule has 0 aliphatic rings. The molecular formula is C32H31FN6O5S. The van der Waals surface area contributed by atoms with Crippen LogP contribution in [-0.4, -0.2) is 60.0 Å². The normalized spacial score (nSPS) is 11.3. The fraction of sp³-hybridized carbons (Fsp3) is 0.188. The average molecular weight is 631 g/mol. The van der Waals surface area contributed by atoms with Gasteiger partial charge in [0.1, 0.15) is 21.4 Å². The zero-order chi connectivity index (χ0) is 32.0. The first-order chi connectivity index (χ1) is 21.6. The summed E-state index contributed by atoms with van der Waals surface area (Å²) in [6, 6.07) is 21.8. The molecule has 11 nitrogen and oxygen atoms in total. The van der Waals surface area contributed by atoms with Crippen molar-refractivity contribution in [1.29, 1.82) is 0 Å². The molecule has 0 unspecified atom stereocenters. The second-order valence-electron chi connectivity index (χ2n) is 10.2. The second-order valence-corrected chi connectivity index (χ2v) is 12.5. The van der Waals surface area contributed by atoms with Crippen molar-refractivity contribution < 1.29 is 27.1 Å². The molecule has 5 rings (SSSR count). The van der Waals surface area contributed by atoms with Crippen molar-refractivity contribution in [2.24, 2.45) is 0 Å². The van der Waals surface area contributed by atoms with Crippen LogP contribution < -0.4 is 20.7 Å². The van der Waals surface area contributed by atoms with E-state index in [0.717, 1.165) is 22.9 Å². The summed E-state index contributed by atoms with van der Waals surface area (Å²) in [5.41, 5.74) is 4.62. The number of amides is 2. The summed E-state index contributed by atoms with van der Waals surface area (Å²) in [7, 11) is -3.19. The number of pyridine rings is 1. The van der Waals surface area contributed by atoms with Gasteiger partial charge >= 0.3 is 0 Å². The molecule has 0 bridgehead atoms. The van der Waals surface area contributed by atoms with E-state index < -0.39 is 15.7 Å². The predicted molar refractivity (Wildman–Crippen MR) is 170 cm³/mol. The van der Waals surface area contributed by atoms with Crippen LogP contribution in [0.15, 0.2) is 85.1 Å². The van der Waals surface area contributed by atoms with Crippen molar-refractivity contribution in [3.05, 3.63) is 102 Å². The molecule has 0 aliphatic heterocycles. The highest BCUT2D eigenvalue weighted by molar-refractivity contribution is 7.90. The molecule has 3 aromatic carbocycles. The minimum Gasteiger partial charge on any atom is -0.492 e. The molecule has 0 fully saturated rings. The minimum atomic E-state index is -3.19. The summed E-state index contributed by atoms with van der Waals surface area (Å²) in [5.74, 6) is -0.378. The van der Waals surface area contributed by atoms with E-state index >= 15 is 0 Å². The summed E-state index contributed by atoms with van der Waals surface area (Å²) in [4.78, 5) is 29.5. The number of hydrogen-bond acceptors (Lipinski definition) is 8. The molecule has 45 heavy (non-hydrogen) atoms. The van der Waals surface area contributed by atoms with E-state index in [0.29, 0.717) is 40.9 Å². The SMILES string of the molecule is CCOc1cc(C(=O)NCCS(C)(=O)=O)ccc1Nc1nc2ccc(-c3ccc(NC(=O)Cc4ccc(F)cc4)cc3)cn2n1. The third-order valence-corrected chi connectivity index (χ3v) is 7.61. The highest BCUT2D eigenvalue weighted by Crippen LogP contribution is 2.29. The number of halogens is 1. The van der Waals surface area contributed by atoms with E-state index in [-0.39, 0.29) is 30.4 Å². The Hall–Kier alpha value is -5.30. The maximum atomic E-state index is 13.1. The fourth-order valence-electron chi connectivity index (χ4n) is 4.46. The fourth-order valence-corrected chi connectivity index (χ4v) is 4.93. The third-order valence-electron chi connectivity index (χ3n) is 6.66. The predicted octanol–water partition coefficient (Wildman–Crippen LogP) is 4.63. The number of anilines is 3. The van der Waals surface area contributed by atoms with Crippen LogP contribution in [0.5, 0.6) is 5.75 Å². The Balaban J connectivity index is 1.25. The molecule has 13 heteroatoms. The van der Waals surface area contributed by atoms with Crippen LogP contribution in [0.25, 0.3) is 16.8 Å². The quantitative estimate of drug-likeness (QED) is 0.181. The van der Waals surface area contributed by atoms with Crippen LogP contribution in [0.3, 0.4) is 0 Å². The van der Waals surface area contributed by atoms with Gasteiger partial charge in [0.15, 0.2) is 5.65 Å². The molecule has 0 radical (unpaired) electrons. The Kier molecular flexibility index (Phi) is 9.38. The van der Waals surface area contributed by atoms with Crippen LogP contribution in [-0.2, 0) is 21.1 Å². The molecule has 5 aromatic rings. The van der Waals surface area contributed by atoms with Gasteiger partial charge in [-0.15, -0.1) is 5.10 Å². The Bertz CT molecular complexity index is 1940. The van der Waals surface area contributed by atoms with Gasteiger partial charge in [-0.1, -0.05) is 24.3 Å². The molecule has 0 atom stereocenters. The number of nitrogens with one attached hydrogen (secondary N) is 3. The number of ether oxygens (including phenoxy) is 1. The molecule has 3 N–H and O–H groups in total. The number of hydrogen-bond donors (Lipinski definition) is 3. The smallest absolute Gasteiger partial charge is 0.251 e. The van der Waals surface area contributed by atoms with Gasteiger partial charge in [0, 0.05) is 35.8 Å². The van der Waals surface area contributed by atoms with E-state index in [1.165, 1.54) is 12.1 Å². The van der Waals surface area contributed by atoms with Crippen molar-refractivity contribution in [1.82, 2.24) is 19.9 Å². The second kappa shape index (κ2) is 13.6. The summed E-state index contributed by atoms with van der Waals surface area (Å²) in [6.07, 6.45) is 3.09. The van der Waals surface area contributed by atoms with E-state index in [1.54, 1.807) is 47.0 Å². The lowest BCUT2D eigenvalue weighted by Gasteiger charge is -2.12. The summed E-state index contributed by atoms with van der Waals surface area (Å²) in [5, 5.41) is 13.1. The van der Waals surface area contributed by atoms with Gasteiger partial charge in [-0.05, 0) is 72.6 Å². The number of carbonyl (C=O) groups excluding carboxylic acids is 2.